The number of carbonyl (C=O) groups is 1. The number of ether oxygens (including phenoxy) is 1. The Morgan fingerprint density at radius 3 is 2.87 bits per heavy atom. The van der Waals surface area contributed by atoms with E-state index in [1.165, 1.54) is 25.7 Å². The maximum atomic E-state index is 12.3. The molecule has 0 unspecified atom stereocenters. The maximum absolute atomic E-state index is 12.3. The van der Waals surface area contributed by atoms with E-state index >= 15 is 0 Å². The van der Waals surface area contributed by atoms with Crippen molar-refractivity contribution < 1.29 is 9.53 Å². The van der Waals surface area contributed by atoms with Crippen LogP contribution in [0.1, 0.15) is 49.2 Å². The lowest BCUT2D eigenvalue weighted by Gasteiger charge is -2.14. The van der Waals surface area contributed by atoms with Gasteiger partial charge in [-0.05, 0) is 43.4 Å². The van der Waals surface area contributed by atoms with Gasteiger partial charge in [-0.25, -0.2) is 4.98 Å². The third-order valence-electron chi connectivity index (χ3n) is 5.11. The number of nitrogens with one attached hydrogen (secondary N) is 1. The molecule has 1 N–H and O–H groups in total. The van der Waals surface area contributed by atoms with E-state index < -0.39 is 0 Å². The molecule has 3 fully saturated rings. The summed E-state index contributed by atoms with van der Waals surface area (Å²) in [6.45, 7) is 1.78. The van der Waals surface area contributed by atoms with E-state index in [9.17, 15) is 4.79 Å². The fourth-order valence-electron chi connectivity index (χ4n) is 3.53. The van der Waals surface area contributed by atoms with Gasteiger partial charge in [-0.1, -0.05) is 5.92 Å². The van der Waals surface area contributed by atoms with Crippen molar-refractivity contribution in [3.63, 3.8) is 0 Å². The van der Waals surface area contributed by atoms with Crippen LogP contribution in [0, 0.1) is 23.7 Å². The van der Waals surface area contributed by atoms with Crippen LogP contribution in [-0.4, -0.2) is 52.8 Å². The van der Waals surface area contributed by atoms with E-state index in [0.717, 1.165) is 24.1 Å². The fourth-order valence-corrected chi connectivity index (χ4v) is 3.53. The van der Waals surface area contributed by atoms with Gasteiger partial charge < -0.3 is 9.64 Å². The Morgan fingerprint density at radius 2 is 2.17 bits per heavy atom. The number of nitrogens with zero attached hydrogens (tertiary/aromatic N) is 3. The Bertz CT molecular complexity index is 651. The highest BCUT2D eigenvalue weighted by Gasteiger charge is 2.45. The highest BCUT2D eigenvalue weighted by atomic mass is 16.5. The van der Waals surface area contributed by atoms with E-state index in [1.54, 1.807) is 7.11 Å². The minimum atomic E-state index is -0.0999. The summed E-state index contributed by atoms with van der Waals surface area (Å²) in [6.07, 6.45) is 4.94. The topological polar surface area (TPSA) is 71.1 Å². The first-order valence-electron chi connectivity index (χ1n) is 8.45. The van der Waals surface area contributed by atoms with Crippen molar-refractivity contribution in [2.75, 3.05) is 26.8 Å². The summed E-state index contributed by atoms with van der Waals surface area (Å²) in [4.78, 5) is 18.9. The van der Waals surface area contributed by atoms with Crippen molar-refractivity contribution in [3.8, 4) is 11.8 Å². The van der Waals surface area contributed by atoms with Crippen molar-refractivity contribution in [2.24, 2.45) is 11.8 Å². The highest BCUT2D eigenvalue weighted by molar-refractivity contribution is 5.93. The number of aromatic nitrogens is 3. The molecule has 2 saturated carbocycles. The average Bonchev–Trinajstić information content (AvgIpc) is 3.48. The minimum Gasteiger partial charge on any atom is -0.372 e. The summed E-state index contributed by atoms with van der Waals surface area (Å²) in [5.41, 5.74) is 0. The van der Waals surface area contributed by atoms with Crippen LogP contribution in [-0.2, 0) is 9.53 Å². The number of H-pyrrole nitrogens is 1. The van der Waals surface area contributed by atoms with Crippen molar-refractivity contribution in [2.45, 2.75) is 37.5 Å². The smallest absolute Gasteiger partial charge is 0.298 e. The second-order valence-corrected chi connectivity index (χ2v) is 6.91. The van der Waals surface area contributed by atoms with Gasteiger partial charge in [0, 0.05) is 32.0 Å². The molecule has 0 spiro atoms. The lowest BCUT2D eigenvalue weighted by molar-refractivity contribution is -0.124. The Labute approximate surface area is 136 Å². The van der Waals surface area contributed by atoms with Gasteiger partial charge in [0.15, 0.2) is 5.82 Å². The molecular formula is C17H22N4O2. The maximum Gasteiger partial charge on any atom is 0.298 e. The number of rotatable bonds is 4. The largest absolute Gasteiger partial charge is 0.372 e. The van der Waals surface area contributed by atoms with Crippen LogP contribution in [0.2, 0.25) is 0 Å². The molecule has 3 aliphatic rings. The predicted molar refractivity (Wildman–Crippen MR) is 83.5 cm³/mol. The molecule has 6 heteroatoms. The summed E-state index contributed by atoms with van der Waals surface area (Å²) < 4.78 is 4.88. The van der Waals surface area contributed by atoms with Crippen LogP contribution in [0.15, 0.2) is 0 Å². The summed E-state index contributed by atoms with van der Waals surface area (Å²) >= 11 is 0. The number of methoxy groups -OCH3 is 1. The number of amides is 1. The van der Waals surface area contributed by atoms with E-state index in [2.05, 4.69) is 22.0 Å². The molecule has 1 amide bonds. The van der Waals surface area contributed by atoms with E-state index in [4.69, 9.17) is 9.72 Å². The molecule has 122 valence electrons. The van der Waals surface area contributed by atoms with Gasteiger partial charge in [0.1, 0.15) is 12.4 Å². The zero-order valence-corrected chi connectivity index (χ0v) is 13.4. The standard InChI is InChI=1S/C17H22N4O2/c1-23-8-2-3-15(22)21-9-13(11-4-5-11)14(10-21)17-18-16(19-20-17)12-6-7-12/h11-14H,4-10H2,1H3,(H,18,19,20)/t13-,14+/m1/s1. The first-order valence-corrected chi connectivity index (χ1v) is 8.45. The third kappa shape index (κ3) is 3.11. The molecule has 0 radical (unpaired) electrons. The molecule has 1 saturated heterocycles. The molecule has 2 aliphatic carbocycles. The molecule has 23 heavy (non-hydrogen) atoms. The zero-order chi connectivity index (χ0) is 15.8. The summed E-state index contributed by atoms with van der Waals surface area (Å²) in [5, 5.41) is 7.52. The van der Waals surface area contributed by atoms with Crippen molar-refractivity contribution in [3.05, 3.63) is 11.6 Å². The SMILES string of the molecule is COCC#CC(=O)N1C[C@H](c2nc(C3CC3)n[nH]2)[C@@H](C2CC2)C1. The second-order valence-electron chi connectivity index (χ2n) is 6.91. The van der Waals surface area contributed by atoms with E-state index in [-0.39, 0.29) is 11.8 Å². The van der Waals surface area contributed by atoms with Crippen LogP contribution in [0.3, 0.4) is 0 Å². The first-order chi connectivity index (χ1) is 11.3. The van der Waals surface area contributed by atoms with Crippen molar-refractivity contribution >= 4 is 5.91 Å². The zero-order valence-electron chi connectivity index (χ0n) is 13.4. The molecule has 1 aromatic rings. The van der Waals surface area contributed by atoms with Gasteiger partial charge in [0.25, 0.3) is 5.91 Å². The summed E-state index contributed by atoms with van der Waals surface area (Å²) in [5.74, 6) is 9.29. The van der Waals surface area contributed by atoms with Crippen LogP contribution < -0.4 is 0 Å². The summed E-state index contributed by atoms with van der Waals surface area (Å²) in [7, 11) is 1.58. The molecule has 2 heterocycles. The molecule has 2 atom stereocenters. The first kappa shape index (κ1) is 14.7. The number of carbonyl (C=O) groups excluding carboxylic acids is 1. The normalized spacial score (nSPS) is 26.9. The molecule has 0 aromatic carbocycles. The lowest BCUT2D eigenvalue weighted by Crippen LogP contribution is -2.27. The Kier molecular flexibility index (Phi) is 3.82. The average molecular weight is 314 g/mol. The molecule has 1 aromatic heterocycles. The van der Waals surface area contributed by atoms with Crippen LogP contribution in [0.4, 0.5) is 0 Å². The Balaban J connectivity index is 1.48. The van der Waals surface area contributed by atoms with Crippen molar-refractivity contribution in [1.82, 2.24) is 20.1 Å². The third-order valence-corrected chi connectivity index (χ3v) is 5.11. The van der Waals surface area contributed by atoms with Crippen molar-refractivity contribution in [1.29, 1.82) is 0 Å². The van der Waals surface area contributed by atoms with Crippen LogP contribution in [0.25, 0.3) is 0 Å². The molecule has 6 nitrogen and oxygen atoms in total. The lowest BCUT2D eigenvalue weighted by atomic mass is 9.91. The van der Waals surface area contributed by atoms with Gasteiger partial charge >= 0.3 is 0 Å². The van der Waals surface area contributed by atoms with E-state index in [0.29, 0.717) is 25.0 Å². The second kappa shape index (κ2) is 5.97. The van der Waals surface area contributed by atoms with E-state index in [1.807, 2.05) is 4.90 Å². The monoisotopic (exact) mass is 314 g/mol. The molecule has 0 bridgehead atoms. The number of aromatic amines is 1. The number of hydrogen-bond acceptors (Lipinski definition) is 4. The van der Waals surface area contributed by atoms with Gasteiger partial charge in [-0.3, -0.25) is 9.89 Å². The Morgan fingerprint density at radius 1 is 1.35 bits per heavy atom. The van der Waals surface area contributed by atoms with Crippen LogP contribution in [0.5, 0.6) is 0 Å². The quantitative estimate of drug-likeness (QED) is 0.850. The van der Waals surface area contributed by atoms with Crippen LogP contribution >= 0.6 is 0 Å². The molecule has 1 aliphatic heterocycles. The highest BCUT2D eigenvalue weighted by Crippen LogP contribution is 2.47. The Hall–Kier alpha value is -1.87. The summed E-state index contributed by atoms with van der Waals surface area (Å²) in [6, 6.07) is 0. The minimum absolute atomic E-state index is 0.0999. The number of likely N-dealkylation sites (tertiary alicyclic amines) is 1. The van der Waals surface area contributed by atoms with Gasteiger partial charge in [0.05, 0.1) is 0 Å². The fraction of sp³-hybridized carbons (Fsp3) is 0.706. The van der Waals surface area contributed by atoms with Gasteiger partial charge in [0.2, 0.25) is 0 Å². The molecule has 4 rings (SSSR count). The number of hydrogen-bond donors (Lipinski definition) is 1. The predicted octanol–water partition coefficient (Wildman–Crippen LogP) is 1.28. The van der Waals surface area contributed by atoms with Gasteiger partial charge in [-0.2, -0.15) is 5.10 Å². The molecular weight excluding hydrogens is 292 g/mol. The van der Waals surface area contributed by atoms with Gasteiger partial charge in [-0.15, -0.1) is 0 Å².